The molecule has 18 heavy (non-hydrogen) atoms. The summed E-state index contributed by atoms with van der Waals surface area (Å²) in [6.07, 6.45) is 2.60. The minimum Gasteiger partial charge on any atom is -0.481 e. The third-order valence-corrected chi connectivity index (χ3v) is 2.00. The number of aromatic carboxylic acids is 1. The predicted octanol–water partition coefficient (Wildman–Crippen LogP) is -0.0788. The smallest absolute Gasteiger partial charge is 0.339 e. The Balaban J connectivity index is 2.48. The quantitative estimate of drug-likeness (QED) is 0.660. The van der Waals surface area contributed by atoms with Gasteiger partial charge >= 0.3 is 5.97 Å². The maximum Gasteiger partial charge on any atom is 0.339 e. The van der Waals surface area contributed by atoms with Gasteiger partial charge in [-0.1, -0.05) is 0 Å². The van der Waals surface area contributed by atoms with Crippen molar-refractivity contribution >= 4 is 11.9 Å². The second-order valence-electron chi connectivity index (χ2n) is 3.31. The molecule has 0 saturated heterocycles. The molecule has 1 amide bonds. The van der Waals surface area contributed by atoms with Gasteiger partial charge in [0.2, 0.25) is 0 Å². The third-order valence-electron chi connectivity index (χ3n) is 2.00. The number of hydrogen-bond donors (Lipinski definition) is 2. The Labute approximate surface area is 104 Å². The summed E-state index contributed by atoms with van der Waals surface area (Å²) in [6, 6.07) is 1.31. The van der Waals surface area contributed by atoms with Crippen molar-refractivity contribution in [2.75, 3.05) is 26.9 Å². The zero-order chi connectivity index (χ0) is 13.4. The van der Waals surface area contributed by atoms with E-state index in [2.05, 4.69) is 10.3 Å². The van der Waals surface area contributed by atoms with Crippen molar-refractivity contribution in [1.82, 2.24) is 10.3 Å². The number of carboxylic acids is 1. The molecule has 0 aromatic carbocycles. The van der Waals surface area contributed by atoms with Crippen LogP contribution in [0, 0.1) is 0 Å². The van der Waals surface area contributed by atoms with E-state index in [1.54, 1.807) is 0 Å². The van der Waals surface area contributed by atoms with Crippen LogP contribution in [0.1, 0.15) is 10.4 Å². The van der Waals surface area contributed by atoms with Crippen LogP contribution in [-0.4, -0.2) is 48.8 Å². The lowest BCUT2D eigenvalue weighted by molar-refractivity contribution is -0.123. The minimum absolute atomic E-state index is 0.0327. The Morgan fingerprint density at radius 2 is 2.28 bits per heavy atom. The first-order chi connectivity index (χ1) is 8.65. The molecule has 0 aliphatic rings. The van der Waals surface area contributed by atoms with Gasteiger partial charge in [-0.05, 0) is 6.07 Å². The standard InChI is InChI=1S/C11H14N2O5/c1-17-5-4-13-10(14)7-18-9-6-12-3-2-8(9)11(15)16/h2-3,6H,4-5,7H2,1H3,(H,13,14)(H,15,16). The molecule has 0 atom stereocenters. The van der Waals surface area contributed by atoms with Crippen molar-refractivity contribution in [2.24, 2.45) is 0 Å². The molecule has 0 fully saturated rings. The summed E-state index contributed by atoms with van der Waals surface area (Å²) in [7, 11) is 1.53. The third kappa shape index (κ3) is 4.38. The number of pyridine rings is 1. The van der Waals surface area contributed by atoms with E-state index in [1.807, 2.05) is 0 Å². The number of nitrogens with one attached hydrogen (secondary N) is 1. The Bertz CT molecular complexity index is 422. The summed E-state index contributed by atoms with van der Waals surface area (Å²) in [4.78, 5) is 25.9. The topological polar surface area (TPSA) is 97.8 Å². The van der Waals surface area contributed by atoms with Gasteiger partial charge in [0.1, 0.15) is 5.56 Å². The fourth-order valence-corrected chi connectivity index (χ4v) is 1.16. The highest BCUT2D eigenvalue weighted by Gasteiger charge is 2.12. The fourth-order valence-electron chi connectivity index (χ4n) is 1.16. The van der Waals surface area contributed by atoms with Gasteiger partial charge in [0.05, 0.1) is 12.8 Å². The molecular formula is C11H14N2O5. The molecule has 1 heterocycles. The number of hydrogen-bond acceptors (Lipinski definition) is 5. The number of carbonyl (C=O) groups is 2. The maximum atomic E-state index is 11.3. The van der Waals surface area contributed by atoms with Gasteiger partial charge in [0.25, 0.3) is 5.91 Å². The van der Waals surface area contributed by atoms with E-state index in [9.17, 15) is 9.59 Å². The Kier molecular flexibility index (Phi) is 5.59. The Morgan fingerprint density at radius 3 is 2.94 bits per heavy atom. The molecule has 98 valence electrons. The van der Waals surface area contributed by atoms with Gasteiger partial charge in [-0.3, -0.25) is 9.78 Å². The van der Waals surface area contributed by atoms with Gasteiger partial charge in [-0.2, -0.15) is 0 Å². The Hall–Kier alpha value is -2.15. The summed E-state index contributed by atoms with van der Waals surface area (Å²) in [5, 5.41) is 11.4. The zero-order valence-corrected chi connectivity index (χ0v) is 9.88. The molecule has 7 nitrogen and oxygen atoms in total. The summed E-state index contributed by atoms with van der Waals surface area (Å²) in [5.74, 6) is -1.42. The second kappa shape index (κ2) is 7.23. The highest BCUT2D eigenvalue weighted by Crippen LogP contribution is 2.15. The van der Waals surface area contributed by atoms with E-state index in [-0.39, 0.29) is 23.8 Å². The van der Waals surface area contributed by atoms with E-state index >= 15 is 0 Å². The molecule has 1 rings (SSSR count). The highest BCUT2D eigenvalue weighted by molar-refractivity contribution is 5.90. The van der Waals surface area contributed by atoms with Crippen LogP contribution in [0.25, 0.3) is 0 Å². The summed E-state index contributed by atoms with van der Waals surface area (Å²) in [5.41, 5.74) is -0.0327. The molecule has 0 spiro atoms. The fraction of sp³-hybridized carbons (Fsp3) is 0.364. The van der Waals surface area contributed by atoms with Crippen molar-refractivity contribution < 1.29 is 24.2 Å². The predicted molar refractivity (Wildman–Crippen MR) is 61.6 cm³/mol. The number of rotatable bonds is 7. The van der Waals surface area contributed by atoms with E-state index in [0.29, 0.717) is 13.2 Å². The second-order valence-corrected chi connectivity index (χ2v) is 3.31. The van der Waals surface area contributed by atoms with Crippen LogP contribution >= 0.6 is 0 Å². The lowest BCUT2D eigenvalue weighted by Gasteiger charge is -2.08. The molecule has 1 aromatic rings. The molecule has 1 aromatic heterocycles. The average molecular weight is 254 g/mol. The van der Waals surface area contributed by atoms with Crippen molar-refractivity contribution in [3.63, 3.8) is 0 Å². The molecule has 0 radical (unpaired) electrons. The van der Waals surface area contributed by atoms with Crippen LogP contribution in [0.3, 0.4) is 0 Å². The van der Waals surface area contributed by atoms with E-state index in [0.717, 1.165) is 0 Å². The lowest BCUT2D eigenvalue weighted by atomic mass is 10.2. The molecular weight excluding hydrogens is 240 g/mol. The van der Waals surface area contributed by atoms with Crippen LogP contribution in [-0.2, 0) is 9.53 Å². The van der Waals surface area contributed by atoms with E-state index in [1.165, 1.54) is 25.6 Å². The molecule has 0 aliphatic heterocycles. The van der Waals surface area contributed by atoms with Crippen molar-refractivity contribution in [2.45, 2.75) is 0 Å². The number of aromatic nitrogens is 1. The zero-order valence-electron chi connectivity index (χ0n) is 9.88. The Morgan fingerprint density at radius 1 is 1.50 bits per heavy atom. The average Bonchev–Trinajstić information content (AvgIpc) is 2.37. The molecule has 0 bridgehead atoms. The van der Waals surface area contributed by atoms with Crippen LogP contribution in [0.2, 0.25) is 0 Å². The van der Waals surface area contributed by atoms with E-state index < -0.39 is 5.97 Å². The number of methoxy groups -OCH3 is 1. The maximum absolute atomic E-state index is 11.3. The molecule has 2 N–H and O–H groups in total. The summed E-state index contributed by atoms with van der Waals surface area (Å²) in [6.45, 7) is 0.506. The van der Waals surface area contributed by atoms with Gasteiger partial charge in [0, 0.05) is 19.9 Å². The molecule has 0 unspecified atom stereocenters. The SMILES string of the molecule is COCCNC(=O)COc1cnccc1C(=O)O. The summed E-state index contributed by atoms with van der Waals surface area (Å²) >= 11 is 0. The number of nitrogens with zero attached hydrogens (tertiary/aromatic N) is 1. The minimum atomic E-state index is -1.13. The van der Waals surface area contributed by atoms with E-state index in [4.69, 9.17) is 14.6 Å². The molecule has 7 heteroatoms. The van der Waals surface area contributed by atoms with Crippen molar-refractivity contribution in [3.05, 3.63) is 24.0 Å². The monoisotopic (exact) mass is 254 g/mol. The largest absolute Gasteiger partial charge is 0.481 e. The van der Waals surface area contributed by atoms with Gasteiger partial charge in [0.15, 0.2) is 12.4 Å². The first-order valence-corrected chi connectivity index (χ1v) is 5.21. The molecule has 0 aliphatic carbocycles. The van der Waals surface area contributed by atoms with Gasteiger partial charge < -0.3 is 19.9 Å². The van der Waals surface area contributed by atoms with Gasteiger partial charge in [-0.15, -0.1) is 0 Å². The van der Waals surface area contributed by atoms with Gasteiger partial charge in [-0.25, -0.2) is 4.79 Å². The lowest BCUT2D eigenvalue weighted by Crippen LogP contribution is -2.31. The number of carbonyl (C=O) groups excluding carboxylic acids is 1. The van der Waals surface area contributed by atoms with Crippen LogP contribution in [0.15, 0.2) is 18.5 Å². The normalized spacial score (nSPS) is 9.83. The van der Waals surface area contributed by atoms with Crippen LogP contribution < -0.4 is 10.1 Å². The van der Waals surface area contributed by atoms with Crippen LogP contribution in [0.5, 0.6) is 5.75 Å². The number of ether oxygens (including phenoxy) is 2. The van der Waals surface area contributed by atoms with Crippen LogP contribution in [0.4, 0.5) is 0 Å². The molecule has 0 saturated carbocycles. The highest BCUT2D eigenvalue weighted by atomic mass is 16.5. The number of carboxylic acid groups (broad SMARTS) is 1. The first-order valence-electron chi connectivity index (χ1n) is 5.21. The number of amides is 1. The van der Waals surface area contributed by atoms with Crippen molar-refractivity contribution in [1.29, 1.82) is 0 Å². The van der Waals surface area contributed by atoms with Crippen molar-refractivity contribution in [3.8, 4) is 5.75 Å². The first kappa shape index (κ1) is 13.9. The summed E-state index contributed by atoms with van der Waals surface area (Å²) < 4.78 is 9.86.